The second-order valence-corrected chi connectivity index (χ2v) is 3.85. The minimum atomic E-state index is -0.368. The Bertz CT molecular complexity index is 487. The zero-order valence-electron chi connectivity index (χ0n) is 9.12. The van der Waals surface area contributed by atoms with Gasteiger partial charge in [0.2, 0.25) is 5.01 Å². The Balaban J connectivity index is 0.00000144. The van der Waals surface area contributed by atoms with Crippen LogP contribution in [0.25, 0.3) is 11.3 Å². The van der Waals surface area contributed by atoms with Crippen LogP contribution in [0.2, 0.25) is 0 Å². The van der Waals surface area contributed by atoms with E-state index >= 15 is 0 Å². The van der Waals surface area contributed by atoms with E-state index in [1.807, 2.05) is 17.5 Å². The minimum Gasteiger partial charge on any atom is -0.461 e. The van der Waals surface area contributed by atoms with Crippen LogP contribution >= 0.6 is 28.3 Å². The quantitative estimate of drug-likeness (QED) is 0.817. The average Bonchev–Trinajstić information content (AvgIpc) is 2.80. The standard InChI is InChI=1S/C11H10N2O2S.BrH/c1-2-15-11(14)10-13-9(7-16-10)8-3-5-12-6-4-8;/h3-7H,2H2,1H3;1H. The van der Waals surface area contributed by atoms with Crippen molar-refractivity contribution in [3.63, 3.8) is 0 Å². The van der Waals surface area contributed by atoms with Crippen LogP contribution in [-0.4, -0.2) is 22.5 Å². The number of hydrogen-bond acceptors (Lipinski definition) is 5. The first-order valence-electron chi connectivity index (χ1n) is 4.84. The van der Waals surface area contributed by atoms with Gasteiger partial charge in [-0.25, -0.2) is 9.78 Å². The Hall–Kier alpha value is -1.27. The highest BCUT2D eigenvalue weighted by atomic mass is 79.9. The van der Waals surface area contributed by atoms with E-state index in [0.717, 1.165) is 11.3 Å². The summed E-state index contributed by atoms with van der Waals surface area (Å²) in [5.41, 5.74) is 1.72. The molecule has 2 aromatic rings. The third-order valence-electron chi connectivity index (χ3n) is 1.93. The average molecular weight is 315 g/mol. The van der Waals surface area contributed by atoms with Gasteiger partial charge in [0.15, 0.2) is 0 Å². The maximum atomic E-state index is 11.4. The molecule has 6 heteroatoms. The van der Waals surface area contributed by atoms with E-state index in [4.69, 9.17) is 4.74 Å². The van der Waals surface area contributed by atoms with Crippen molar-refractivity contribution in [2.24, 2.45) is 0 Å². The molecule has 0 bridgehead atoms. The van der Waals surface area contributed by atoms with Gasteiger partial charge in [0, 0.05) is 23.3 Å². The van der Waals surface area contributed by atoms with Crippen LogP contribution in [0, 0.1) is 0 Å². The first-order chi connectivity index (χ1) is 7.81. The molecule has 0 saturated heterocycles. The molecule has 0 unspecified atom stereocenters. The van der Waals surface area contributed by atoms with Crippen molar-refractivity contribution >= 4 is 34.3 Å². The van der Waals surface area contributed by atoms with Gasteiger partial charge >= 0.3 is 5.97 Å². The molecular formula is C11H11BrN2O2S. The van der Waals surface area contributed by atoms with E-state index in [9.17, 15) is 4.79 Å². The number of carbonyl (C=O) groups excluding carboxylic acids is 1. The van der Waals surface area contributed by atoms with E-state index < -0.39 is 0 Å². The van der Waals surface area contributed by atoms with E-state index in [0.29, 0.717) is 11.6 Å². The van der Waals surface area contributed by atoms with Gasteiger partial charge in [0.05, 0.1) is 12.3 Å². The van der Waals surface area contributed by atoms with Gasteiger partial charge in [0.1, 0.15) is 0 Å². The van der Waals surface area contributed by atoms with E-state index in [1.54, 1.807) is 19.3 Å². The van der Waals surface area contributed by atoms with Crippen molar-refractivity contribution in [2.75, 3.05) is 6.61 Å². The molecule has 0 saturated carbocycles. The lowest BCUT2D eigenvalue weighted by atomic mass is 10.2. The lowest BCUT2D eigenvalue weighted by molar-refractivity contribution is 0.0526. The van der Waals surface area contributed by atoms with Gasteiger partial charge in [-0.3, -0.25) is 4.98 Å². The molecule has 0 radical (unpaired) electrons. The van der Waals surface area contributed by atoms with Crippen molar-refractivity contribution in [1.29, 1.82) is 0 Å². The summed E-state index contributed by atoms with van der Waals surface area (Å²) in [4.78, 5) is 19.5. The lowest BCUT2D eigenvalue weighted by Crippen LogP contribution is -2.03. The van der Waals surface area contributed by atoms with Crippen molar-refractivity contribution in [2.45, 2.75) is 6.92 Å². The molecule has 2 aromatic heterocycles. The summed E-state index contributed by atoms with van der Waals surface area (Å²) in [7, 11) is 0. The second-order valence-electron chi connectivity index (χ2n) is 2.99. The van der Waals surface area contributed by atoms with Crippen molar-refractivity contribution in [1.82, 2.24) is 9.97 Å². The summed E-state index contributed by atoms with van der Waals surface area (Å²) >= 11 is 1.29. The van der Waals surface area contributed by atoms with Gasteiger partial charge in [-0.05, 0) is 19.1 Å². The summed E-state index contributed by atoms with van der Waals surface area (Å²) in [5, 5.41) is 2.22. The highest BCUT2D eigenvalue weighted by Crippen LogP contribution is 2.21. The molecule has 0 aliphatic rings. The first kappa shape index (κ1) is 13.8. The van der Waals surface area contributed by atoms with Gasteiger partial charge in [0.25, 0.3) is 0 Å². The third kappa shape index (κ3) is 3.34. The van der Waals surface area contributed by atoms with Crippen molar-refractivity contribution in [3.05, 3.63) is 34.9 Å². The molecule has 0 fully saturated rings. The molecule has 90 valence electrons. The highest BCUT2D eigenvalue weighted by molar-refractivity contribution is 8.93. The molecular weight excluding hydrogens is 304 g/mol. The van der Waals surface area contributed by atoms with Gasteiger partial charge in [-0.1, -0.05) is 0 Å². The Kier molecular flexibility index (Phi) is 5.24. The molecule has 0 aliphatic carbocycles. The predicted octanol–water partition coefficient (Wildman–Crippen LogP) is 2.96. The van der Waals surface area contributed by atoms with Crippen LogP contribution in [0.1, 0.15) is 16.7 Å². The summed E-state index contributed by atoms with van der Waals surface area (Å²) in [5.74, 6) is -0.368. The van der Waals surface area contributed by atoms with Gasteiger partial charge in [-0.2, -0.15) is 0 Å². The summed E-state index contributed by atoms with van der Waals surface area (Å²) in [6.45, 7) is 2.14. The number of pyridine rings is 1. The summed E-state index contributed by atoms with van der Waals surface area (Å²) in [6.07, 6.45) is 3.39. The minimum absolute atomic E-state index is 0. The number of ether oxygens (including phenoxy) is 1. The van der Waals surface area contributed by atoms with Crippen molar-refractivity contribution < 1.29 is 9.53 Å². The summed E-state index contributed by atoms with van der Waals surface area (Å²) < 4.78 is 4.87. The molecule has 4 nitrogen and oxygen atoms in total. The fourth-order valence-corrected chi connectivity index (χ4v) is 1.93. The molecule has 2 heterocycles. The lowest BCUT2D eigenvalue weighted by Gasteiger charge is -1.96. The summed E-state index contributed by atoms with van der Waals surface area (Å²) in [6, 6.07) is 3.70. The maximum absolute atomic E-state index is 11.4. The number of nitrogens with zero attached hydrogens (tertiary/aromatic N) is 2. The van der Waals surface area contributed by atoms with E-state index in [1.165, 1.54) is 11.3 Å². The molecule has 0 aliphatic heterocycles. The zero-order valence-corrected chi connectivity index (χ0v) is 11.7. The number of halogens is 1. The largest absolute Gasteiger partial charge is 0.461 e. The van der Waals surface area contributed by atoms with Crippen LogP contribution in [0.3, 0.4) is 0 Å². The molecule has 0 atom stereocenters. The van der Waals surface area contributed by atoms with Crippen LogP contribution in [0.4, 0.5) is 0 Å². The number of esters is 1. The first-order valence-corrected chi connectivity index (χ1v) is 5.72. The molecule has 0 aromatic carbocycles. The monoisotopic (exact) mass is 314 g/mol. The van der Waals surface area contributed by atoms with Crippen LogP contribution in [0.15, 0.2) is 29.9 Å². The van der Waals surface area contributed by atoms with Crippen LogP contribution in [-0.2, 0) is 4.74 Å². The van der Waals surface area contributed by atoms with Crippen molar-refractivity contribution in [3.8, 4) is 11.3 Å². The number of thiazole rings is 1. The fourth-order valence-electron chi connectivity index (χ4n) is 1.22. The fraction of sp³-hybridized carbons (Fsp3) is 0.182. The SMILES string of the molecule is Br.CCOC(=O)c1nc(-c2ccncc2)cs1. The third-order valence-corrected chi connectivity index (χ3v) is 2.75. The molecule has 0 N–H and O–H groups in total. The zero-order chi connectivity index (χ0) is 11.4. The maximum Gasteiger partial charge on any atom is 0.367 e. The number of aromatic nitrogens is 2. The van der Waals surface area contributed by atoms with Gasteiger partial charge < -0.3 is 4.74 Å². The molecule has 17 heavy (non-hydrogen) atoms. The Morgan fingerprint density at radius 2 is 2.12 bits per heavy atom. The number of hydrogen-bond donors (Lipinski definition) is 0. The van der Waals surface area contributed by atoms with E-state index in [2.05, 4.69) is 9.97 Å². The smallest absolute Gasteiger partial charge is 0.367 e. The Labute approximate surface area is 113 Å². The predicted molar refractivity (Wildman–Crippen MR) is 71.6 cm³/mol. The van der Waals surface area contributed by atoms with Crippen LogP contribution < -0.4 is 0 Å². The molecule has 0 spiro atoms. The van der Waals surface area contributed by atoms with E-state index in [-0.39, 0.29) is 23.0 Å². The number of rotatable bonds is 3. The normalized spacial score (nSPS) is 9.47. The topological polar surface area (TPSA) is 52.1 Å². The van der Waals surface area contributed by atoms with Crippen LogP contribution in [0.5, 0.6) is 0 Å². The van der Waals surface area contributed by atoms with Gasteiger partial charge in [-0.15, -0.1) is 28.3 Å². The number of carbonyl (C=O) groups is 1. The second kappa shape index (κ2) is 6.46. The Morgan fingerprint density at radius 1 is 1.41 bits per heavy atom. The molecule has 2 rings (SSSR count). The highest BCUT2D eigenvalue weighted by Gasteiger charge is 2.12. The Morgan fingerprint density at radius 3 is 2.76 bits per heavy atom. The molecule has 0 amide bonds.